The summed E-state index contributed by atoms with van der Waals surface area (Å²) in [5, 5.41) is 13.6. The monoisotopic (exact) mass is 272 g/mol. The van der Waals surface area contributed by atoms with E-state index in [0.717, 1.165) is 6.42 Å². The van der Waals surface area contributed by atoms with Crippen molar-refractivity contribution in [2.75, 3.05) is 0 Å². The van der Waals surface area contributed by atoms with Crippen LogP contribution in [0.15, 0.2) is 0 Å². The molecule has 0 saturated heterocycles. The molecule has 3 N–H and O–H groups in total. The van der Waals surface area contributed by atoms with Crippen LogP contribution in [-0.4, -0.2) is 28.6 Å². The first-order valence-electron chi connectivity index (χ1n) is 6.31. The predicted molar refractivity (Wildman–Crippen MR) is 71.7 cm³/mol. The topological polar surface area (TPSA) is 95.5 Å². The van der Waals surface area contributed by atoms with Crippen molar-refractivity contribution in [1.82, 2.24) is 10.6 Å². The summed E-state index contributed by atoms with van der Waals surface area (Å²) >= 11 is 0. The second-order valence-electron chi connectivity index (χ2n) is 6.15. The van der Waals surface area contributed by atoms with Gasteiger partial charge < -0.3 is 10.4 Å². The number of aliphatic carboxylic acids is 1. The Hall–Kier alpha value is -1.59. The molecule has 0 aliphatic heterocycles. The number of nitrogens with one attached hydrogen (secondary N) is 2. The molecule has 0 fully saturated rings. The molecule has 0 saturated carbocycles. The van der Waals surface area contributed by atoms with Gasteiger partial charge in [-0.25, -0.2) is 4.79 Å². The number of hydrogen-bond acceptors (Lipinski definition) is 3. The van der Waals surface area contributed by atoms with Crippen molar-refractivity contribution in [2.45, 2.75) is 59.4 Å². The number of urea groups is 1. The smallest absolute Gasteiger partial charge is 0.321 e. The van der Waals surface area contributed by atoms with Gasteiger partial charge in [0.2, 0.25) is 5.91 Å². The number of carbonyl (C=O) groups excluding carboxylic acids is 2. The van der Waals surface area contributed by atoms with E-state index >= 15 is 0 Å². The third-order valence-corrected chi connectivity index (χ3v) is 2.86. The van der Waals surface area contributed by atoms with E-state index in [1.807, 2.05) is 20.8 Å². The third kappa shape index (κ3) is 8.18. The van der Waals surface area contributed by atoms with Gasteiger partial charge in [-0.2, -0.15) is 0 Å². The van der Waals surface area contributed by atoms with Crippen LogP contribution in [0.2, 0.25) is 0 Å². The van der Waals surface area contributed by atoms with Crippen molar-refractivity contribution >= 4 is 17.9 Å². The first-order valence-corrected chi connectivity index (χ1v) is 6.31. The number of amides is 3. The molecule has 19 heavy (non-hydrogen) atoms. The molecule has 0 radical (unpaired) electrons. The minimum Gasteiger partial charge on any atom is -0.481 e. The van der Waals surface area contributed by atoms with E-state index in [-0.39, 0.29) is 18.4 Å². The molecule has 0 aromatic rings. The lowest BCUT2D eigenvalue weighted by atomic mass is 9.85. The number of carboxylic acids is 1. The highest BCUT2D eigenvalue weighted by atomic mass is 16.4. The SMILES string of the molecule is CCC(C)(C)NC(=O)NC(=O)CC(C)(C)CC(=O)O. The van der Waals surface area contributed by atoms with E-state index in [4.69, 9.17) is 5.11 Å². The average Bonchev–Trinajstić information content (AvgIpc) is 2.12. The van der Waals surface area contributed by atoms with Crippen LogP contribution in [-0.2, 0) is 9.59 Å². The summed E-state index contributed by atoms with van der Waals surface area (Å²) in [4.78, 5) is 33.9. The lowest BCUT2D eigenvalue weighted by Crippen LogP contribution is -2.50. The van der Waals surface area contributed by atoms with Gasteiger partial charge in [0.05, 0.1) is 6.42 Å². The first-order chi connectivity index (χ1) is 8.47. The molecular weight excluding hydrogens is 248 g/mol. The number of hydrogen-bond donors (Lipinski definition) is 3. The number of carbonyl (C=O) groups is 3. The van der Waals surface area contributed by atoms with Crippen LogP contribution in [0.3, 0.4) is 0 Å². The Morgan fingerprint density at radius 1 is 1.05 bits per heavy atom. The van der Waals surface area contributed by atoms with E-state index in [1.54, 1.807) is 13.8 Å². The lowest BCUT2D eigenvalue weighted by molar-refractivity contribution is -0.139. The maximum Gasteiger partial charge on any atom is 0.321 e. The zero-order valence-electron chi connectivity index (χ0n) is 12.3. The summed E-state index contributed by atoms with van der Waals surface area (Å²) in [6, 6.07) is -0.553. The van der Waals surface area contributed by atoms with Gasteiger partial charge in [0.1, 0.15) is 0 Å². The number of imide groups is 1. The summed E-state index contributed by atoms with van der Waals surface area (Å²) in [5.41, 5.74) is -1.07. The largest absolute Gasteiger partial charge is 0.481 e. The molecule has 0 aromatic heterocycles. The summed E-state index contributed by atoms with van der Waals surface area (Å²) in [7, 11) is 0. The van der Waals surface area contributed by atoms with Crippen LogP contribution in [0.25, 0.3) is 0 Å². The zero-order valence-corrected chi connectivity index (χ0v) is 12.3. The molecule has 0 heterocycles. The molecule has 0 aliphatic carbocycles. The first kappa shape index (κ1) is 17.4. The highest BCUT2D eigenvalue weighted by Crippen LogP contribution is 2.24. The highest BCUT2D eigenvalue weighted by Gasteiger charge is 2.26. The second-order valence-corrected chi connectivity index (χ2v) is 6.15. The van der Waals surface area contributed by atoms with Gasteiger partial charge in [0, 0.05) is 12.0 Å². The van der Waals surface area contributed by atoms with Crippen LogP contribution in [0.4, 0.5) is 4.79 Å². The summed E-state index contributed by atoms with van der Waals surface area (Å²) in [5.74, 6) is -1.44. The molecule has 0 aromatic carbocycles. The van der Waals surface area contributed by atoms with Crippen LogP contribution in [0.1, 0.15) is 53.9 Å². The van der Waals surface area contributed by atoms with Crippen LogP contribution < -0.4 is 10.6 Å². The molecule has 0 bridgehead atoms. The Morgan fingerprint density at radius 2 is 1.58 bits per heavy atom. The van der Waals surface area contributed by atoms with Gasteiger partial charge in [-0.3, -0.25) is 14.9 Å². The van der Waals surface area contributed by atoms with Crippen LogP contribution in [0.5, 0.6) is 0 Å². The normalized spacial score (nSPS) is 11.8. The lowest BCUT2D eigenvalue weighted by Gasteiger charge is -2.25. The minimum atomic E-state index is -0.964. The second kappa shape index (κ2) is 6.54. The number of carboxylic acid groups (broad SMARTS) is 1. The van der Waals surface area contributed by atoms with Gasteiger partial charge in [0.25, 0.3) is 0 Å². The van der Waals surface area contributed by atoms with E-state index in [0.29, 0.717) is 0 Å². The molecule has 0 atom stereocenters. The Balaban J connectivity index is 4.32. The van der Waals surface area contributed by atoms with Gasteiger partial charge in [-0.15, -0.1) is 0 Å². The predicted octanol–water partition coefficient (Wildman–Crippen LogP) is 1.89. The van der Waals surface area contributed by atoms with E-state index in [1.165, 1.54) is 0 Å². The zero-order chi connectivity index (χ0) is 15.3. The number of rotatable bonds is 6. The van der Waals surface area contributed by atoms with Crippen LogP contribution in [0, 0.1) is 5.41 Å². The minimum absolute atomic E-state index is 0.0146. The summed E-state index contributed by atoms with van der Waals surface area (Å²) in [6.07, 6.45) is 0.598. The van der Waals surface area contributed by atoms with Crippen molar-refractivity contribution in [3.63, 3.8) is 0 Å². The van der Waals surface area contributed by atoms with Crippen molar-refractivity contribution in [3.8, 4) is 0 Å². The quantitative estimate of drug-likeness (QED) is 0.688. The molecule has 0 rings (SSSR count). The van der Waals surface area contributed by atoms with Gasteiger partial charge in [-0.1, -0.05) is 20.8 Å². The molecule has 0 unspecified atom stereocenters. The van der Waals surface area contributed by atoms with E-state index < -0.39 is 23.3 Å². The van der Waals surface area contributed by atoms with Crippen molar-refractivity contribution < 1.29 is 19.5 Å². The van der Waals surface area contributed by atoms with Gasteiger partial charge in [-0.05, 0) is 25.7 Å². The van der Waals surface area contributed by atoms with Crippen molar-refractivity contribution in [2.24, 2.45) is 5.41 Å². The fraction of sp³-hybridized carbons (Fsp3) is 0.769. The maximum atomic E-state index is 11.7. The maximum absolute atomic E-state index is 11.7. The van der Waals surface area contributed by atoms with Crippen molar-refractivity contribution in [1.29, 1.82) is 0 Å². The average molecular weight is 272 g/mol. The van der Waals surface area contributed by atoms with Gasteiger partial charge in [0.15, 0.2) is 0 Å². The Labute approximate surface area is 113 Å². The Bertz CT molecular complexity index is 362. The van der Waals surface area contributed by atoms with E-state index in [2.05, 4.69) is 10.6 Å². The third-order valence-electron chi connectivity index (χ3n) is 2.86. The Morgan fingerprint density at radius 3 is 2.00 bits per heavy atom. The van der Waals surface area contributed by atoms with Crippen LogP contribution >= 0.6 is 0 Å². The summed E-state index contributed by atoms with van der Waals surface area (Å²) < 4.78 is 0. The van der Waals surface area contributed by atoms with Gasteiger partial charge >= 0.3 is 12.0 Å². The molecular formula is C13H24N2O4. The molecule has 0 spiro atoms. The standard InChI is InChI=1S/C13H24N2O4/c1-6-13(4,5)15-11(19)14-9(16)7-12(2,3)8-10(17)18/h6-8H2,1-5H3,(H,17,18)(H2,14,15,16,19). The molecule has 110 valence electrons. The van der Waals surface area contributed by atoms with Crippen molar-refractivity contribution in [3.05, 3.63) is 0 Å². The molecule has 6 nitrogen and oxygen atoms in total. The van der Waals surface area contributed by atoms with E-state index in [9.17, 15) is 14.4 Å². The molecule has 0 aliphatic rings. The fourth-order valence-electron chi connectivity index (χ4n) is 1.50. The fourth-order valence-corrected chi connectivity index (χ4v) is 1.50. The molecule has 6 heteroatoms. The molecule has 3 amide bonds. The Kier molecular flexibility index (Phi) is 5.99. The summed E-state index contributed by atoms with van der Waals surface area (Å²) in [6.45, 7) is 8.98. The highest BCUT2D eigenvalue weighted by molar-refractivity contribution is 5.94.